The number of ether oxygens (including phenoxy) is 4. The minimum absolute atomic E-state index is 0.0391. The topological polar surface area (TPSA) is 145 Å². The lowest BCUT2D eigenvalue weighted by Crippen LogP contribution is -2.38. The summed E-state index contributed by atoms with van der Waals surface area (Å²) in [7, 11) is 1.65. The van der Waals surface area contributed by atoms with Crippen LogP contribution < -0.4 is 30.6 Å². The molecule has 6 atom stereocenters. The predicted molar refractivity (Wildman–Crippen MR) is 221 cm³/mol. The van der Waals surface area contributed by atoms with Crippen LogP contribution in [0.3, 0.4) is 0 Å². The van der Waals surface area contributed by atoms with Gasteiger partial charge in [-0.25, -0.2) is 0 Å². The minimum atomic E-state index is -0.596. The van der Waals surface area contributed by atoms with Crippen molar-refractivity contribution in [2.75, 3.05) is 20.3 Å². The number of nitrogens with one attached hydrogen (secondary N) is 2. The molecule has 10 rings (SSSR count). The Balaban J connectivity index is 1.20. The maximum atomic E-state index is 12.5. The van der Waals surface area contributed by atoms with E-state index in [0.717, 1.165) is 100 Å². The Morgan fingerprint density at radius 2 is 1.95 bits per heavy atom. The molecule has 4 bridgehead atoms. The first-order chi connectivity index (χ1) is 28.2. The van der Waals surface area contributed by atoms with E-state index in [-0.39, 0.29) is 47.6 Å². The van der Waals surface area contributed by atoms with Crippen LogP contribution in [-0.2, 0) is 27.8 Å². The number of hydrogen-bond acceptors (Lipinski definition) is 10. The Morgan fingerprint density at radius 1 is 1.09 bits per heavy atom. The number of phenols is 2. The van der Waals surface area contributed by atoms with Gasteiger partial charge in [0, 0.05) is 58.7 Å². The number of hydrogen-bond donors (Lipinski definition) is 5. The van der Waals surface area contributed by atoms with Gasteiger partial charge >= 0.3 is 5.97 Å². The molecule has 0 radical (unpaired) electrons. The fourth-order valence-electron chi connectivity index (χ4n) is 11.2. The summed E-state index contributed by atoms with van der Waals surface area (Å²) in [6.07, 6.45) is 16.8. The molecule has 3 aliphatic carbocycles. The van der Waals surface area contributed by atoms with Crippen molar-refractivity contribution in [1.82, 2.24) is 10.6 Å². The van der Waals surface area contributed by atoms with E-state index in [2.05, 4.69) is 52.8 Å². The van der Waals surface area contributed by atoms with Crippen LogP contribution in [0.25, 0.3) is 17.2 Å². The van der Waals surface area contributed by atoms with Gasteiger partial charge in [-0.05, 0) is 97.3 Å². The third kappa shape index (κ3) is 6.31. The molecule has 3 aromatic carbocycles. The van der Waals surface area contributed by atoms with E-state index in [1.54, 1.807) is 19.2 Å². The highest BCUT2D eigenvalue weighted by atomic mass is 16.5. The van der Waals surface area contributed by atoms with Gasteiger partial charge in [0.15, 0.2) is 11.5 Å². The van der Waals surface area contributed by atoms with E-state index in [9.17, 15) is 15.0 Å². The Hall–Kier alpha value is -5.37. The molecule has 0 amide bonds. The number of methoxy groups -OCH3 is 1. The molecule has 6 N–H and O–H groups in total. The van der Waals surface area contributed by atoms with Crippen molar-refractivity contribution in [3.05, 3.63) is 93.2 Å². The average Bonchev–Trinajstić information content (AvgIpc) is 3.91. The lowest BCUT2D eigenvalue weighted by molar-refractivity contribution is -0.141. The van der Waals surface area contributed by atoms with Crippen molar-refractivity contribution < 1.29 is 34.0 Å². The number of allylic oxidation sites excluding steroid dienone is 3. The Morgan fingerprint density at radius 3 is 2.78 bits per heavy atom. The molecule has 10 nitrogen and oxygen atoms in total. The van der Waals surface area contributed by atoms with Crippen LogP contribution in [0.4, 0.5) is 0 Å². The molecule has 3 aromatic rings. The molecule has 0 saturated heterocycles. The highest BCUT2D eigenvalue weighted by molar-refractivity contribution is 5.84. The van der Waals surface area contributed by atoms with Gasteiger partial charge in [0.05, 0.1) is 30.9 Å². The highest BCUT2D eigenvalue weighted by Gasteiger charge is 2.51. The zero-order valence-electron chi connectivity index (χ0n) is 33.2. The molecule has 58 heavy (non-hydrogen) atoms. The number of phenolic OH excluding ortho intramolecular Hbond substituents is 2. The minimum Gasteiger partial charge on any atom is -0.508 e. The summed E-state index contributed by atoms with van der Waals surface area (Å²) in [4.78, 5) is 12.5. The molecular weight excluding hydrogens is 731 g/mol. The largest absolute Gasteiger partial charge is 0.508 e. The smallest absolute Gasteiger partial charge is 0.302 e. The van der Waals surface area contributed by atoms with Gasteiger partial charge in [-0.2, -0.15) is 0 Å². The summed E-state index contributed by atoms with van der Waals surface area (Å²) in [6, 6.07) is 10.0. The zero-order valence-corrected chi connectivity index (χ0v) is 33.2. The zero-order chi connectivity index (χ0) is 39.7. The Kier molecular flexibility index (Phi) is 9.22. The number of esters is 1. The number of nitrogens with two attached hydrogens (primary N) is 1. The molecule has 2 saturated carbocycles. The number of carbonyl (C=O) groups is 1. The first-order valence-electron chi connectivity index (χ1n) is 20.9. The molecule has 300 valence electrons. The quantitative estimate of drug-likeness (QED) is 0.134. The van der Waals surface area contributed by atoms with Crippen LogP contribution in [0.1, 0.15) is 104 Å². The molecular formula is C48H51N3O7. The fourth-order valence-corrected chi connectivity index (χ4v) is 11.2. The molecule has 1 unspecified atom stereocenters. The van der Waals surface area contributed by atoms with Crippen LogP contribution in [0.15, 0.2) is 59.8 Å². The lowest BCUT2D eigenvalue weighted by atomic mass is 9.65. The van der Waals surface area contributed by atoms with Crippen LogP contribution in [0.2, 0.25) is 0 Å². The van der Waals surface area contributed by atoms with Gasteiger partial charge < -0.3 is 45.5 Å². The summed E-state index contributed by atoms with van der Waals surface area (Å²) in [5.74, 6) is 8.61. The maximum Gasteiger partial charge on any atom is 0.302 e. The van der Waals surface area contributed by atoms with Gasteiger partial charge in [-0.1, -0.05) is 49.1 Å². The van der Waals surface area contributed by atoms with Gasteiger partial charge in [-0.15, -0.1) is 0 Å². The van der Waals surface area contributed by atoms with Gasteiger partial charge in [0.2, 0.25) is 0 Å². The van der Waals surface area contributed by atoms with Crippen molar-refractivity contribution in [3.8, 4) is 51.7 Å². The summed E-state index contributed by atoms with van der Waals surface area (Å²) in [6.45, 7) is 1.92. The van der Waals surface area contributed by atoms with E-state index in [1.807, 2.05) is 12.1 Å². The molecule has 1 spiro atoms. The Bertz CT molecular complexity index is 2360. The standard InChI is InChI=1S/C48H51N3O7/c1-26(52)56-25-37-34-13-14-35-42-30(19-33(53)21-40(42)55-2)23-48-17-16-27(22-48)18-28-10-15-41(49)51-38(28)9-5-6-29-20-39(54)45-36(43(29)46(37)58-47(34)44(35)48)12-11-32(24-57-45)50-31-7-3-4-8-31/h10-15,19-21,27,31-32,37,41,46,50-51,53-54H,3-4,6-8,16-18,22-25,49H2,1-2H3/t27-,32-,37+,41?,46+,48+/m1/s1. The van der Waals surface area contributed by atoms with E-state index in [4.69, 9.17) is 24.7 Å². The number of benzene rings is 3. The number of carbonyl (C=O) groups excluding carboxylic acids is 1. The summed E-state index contributed by atoms with van der Waals surface area (Å²) in [5.41, 5.74) is 15.7. The monoisotopic (exact) mass is 781 g/mol. The average molecular weight is 782 g/mol. The van der Waals surface area contributed by atoms with Crippen LogP contribution in [-0.4, -0.2) is 54.8 Å². The lowest BCUT2D eigenvalue weighted by Gasteiger charge is -2.39. The van der Waals surface area contributed by atoms with E-state index in [1.165, 1.54) is 19.8 Å². The second-order valence-electron chi connectivity index (χ2n) is 17.4. The molecule has 10 heteroatoms. The van der Waals surface area contributed by atoms with Crippen molar-refractivity contribution in [2.45, 2.75) is 107 Å². The fraction of sp³-hybridized carbons (Fsp3) is 0.438. The molecule has 0 aromatic heterocycles. The maximum absolute atomic E-state index is 12.5. The first kappa shape index (κ1) is 36.9. The second kappa shape index (κ2) is 14.5. The molecule has 2 fully saturated rings. The number of fused-ring (bicyclic) bond motifs is 8. The normalized spacial score (nSPS) is 27.5. The molecule has 4 aliphatic heterocycles. The van der Waals surface area contributed by atoms with E-state index in [0.29, 0.717) is 42.9 Å². The number of aromatic hydroxyl groups is 2. The third-order valence-electron chi connectivity index (χ3n) is 13.6. The predicted octanol–water partition coefficient (Wildman–Crippen LogP) is 7.10. The summed E-state index contributed by atoms with van der Waals surface area (Å²) in [5, 5.41) is 29.8. The third-order valence-corrected chi connectivity index (χ3v) is 13.6. The Labute approximate surface area is 339 Å². The highest BCUT2D eigenvalue weighted by Crippen LogP contribution is 2.63. The first-order valence-corrected chi connectivity index (χ1v) is 20.9. The van der Waals surface area contributed by atoms with Crippen molar-refractivity contribution in [2.24, 2.45) is 11.7 Å². The van der Waals surface area contributed by atoms with Crippen LogP contribution in [0, 0.1) is 17.8 Å². The van der Waals surface area contributed by atoms with E-state index >= 15 is 0 Å². The van der Waals surface area contributed by atoms with Crippen molar-refractivity contribution in [3.63, 3.8) is 0 Å². The van der Waals surface area contributed by atoms with Gasteiger partial charge in [0.1, 0.15) is 36.6 Å². The van der Waals surface area contributed by atoms with Gasteiger partial charge in [-0.3, -0.25) is 4.79 Å². The van der Waals surface area contributed by atoms with Crippen LogP contribution in [0.5, 0.6) is 28.7 Å². The molecule has 7 aliphatic rings. The van der Waals surface area contributed by atoms with Gasteiger partial charge in [0.25, 0.3) is 0 Å². The second-order valence-corrected chi connectivity index (χ2v) is 17.4. The van der Waals surface area contributed by atoms with Crippen molar-refractivity contribution in [1.29, 1.82) is 0 Å². The molecule has 4 heterocycles. The number of dihydropyridines is 1. The summed E-state index contributed by atoms with van der Waals surface area (Å²) < 4.78 is 25.8. The SMILES string of the molecule is COc1cc(O)cc2c1-c1ccc3c4c1[C@]1(CC[C@H](CC5=C(C#CCc6cc(O)c7c(c6[C@@H](O4)[C@H]3COC(C)=O)C=C[C@@H](NC3CCCC3)CO7)NC(N)C=C5)C1)C2. The summed E-state index contributed by atoms with van der Waals surface area (Å²) >= 11 is 0. The van der Waals surface area contributed by atoms with Crippen LogP contribution >= 0.6 is 0 Å². The number of rotatable bonds is 5. The van der Waals surface area contributed by atoms with E-state index < -0.39 is 6.10 Å². The van der Waals surface area contributed by atoms with Crippen molar-refractivity contribution >= 4 is 12.0 Å².